The van der Waals surface area contributed by atoms with Gasteiger partial charge in [-0.2, -0.15) is 0 Å². The second-order valence-corrected chi connectivity index (χ2v) is 6.00. The van der Waals surface area contributed by atoms with Gasteiger partial charge < -0.3 is 14.8 Å². The van der Waals surface area contributed by atoms with Crippen molar-refractivity contribution in [2.75, 3.05) is 26.7 Å². The molecule has 4 heteroatoms. The molecule has 4 nitrogen and oxygen atoms in total. The van der Waals surface area contributed by atoms with Crippen LogP contribution in [0.4, 0.5) is 0 Å². The number of carbonyl (C=O) groups is 1. The number of aryl methyl sites for hydroxylation is 1. The zero-order valence-electron chi connectivity index (χ0n) is 11.9. The number of hydrogen-bond acceptors (Lipinski definition) is 2. The highest BCUT2D eigenvalue weighted by molar-refractivity contribution is 5.92. The minimum atomic E-state index is 0.173. The Morgan fingerprint density at radius 3 is 2.84 bits per heavy atom. The summed E-state index contributed by atoms with van der Waals surface area (Å²) in [4.78, 5) is 20.3. The highest BCUT2D eigenvalue weighted by Gasteiger charge is 2.35. The molecule has 3 saturated heterocycles. The Kier molecular flexibility index (Phi) is 3.35. The molecule has 1 N–H and O–H groups in total. The van der Waals surface area contributed by atoms with Crippen LogP contribution in [0, 0.1) is 5.92 Å². The van der Waals surface area contributed by atoms with Crippen LogP contribution in [0.15, 0.2) is 12.1 Å². The molecule has 1 amide bonds. The molecule has 2 bridgehead atoms. The van der Waals surface area contributed by atoms with Crippen molar-refractivity contribution < 1.29 is 4.79 Å². The summed E-state index contributed by atoms with van der Waals surface area (Å²) in [6.07, 6.45) is 3.45. The summed E-state index contributed by atoms with van der Waals surface area (Å²) in [6, 6.07) is 4.49. The van der Waals surface area contributed by atoms with E-state index in [0.29, 0.717) is 12.0 Å². The highest BCUT2D eigenvalue weighted by Crippen LogP contribution is 2.27. The smallest absolute Gasteiger partial charge is 0.270 e. The van der Waals surface area contributed by atoms with Crippen LogP contribution in [0.2, 0.25) is 0 Å². The topological polar surface area (TPSA) is 39.3 Å². The van der Waals surface area contributed by atoms with Crippen LogP contribution in [-0.2, 0) is 6.42 Å². The molecule has 0 radical (unpaired) electrons. The number of piperidine rings is 1. The molecule has 1 aromatic heterocycles. The van der Waals surface area contributed by atoms with Gasteiger partial charge in [-0.05, 0) is 44.4 Å². The predicted octanol–water partition coefficient (Wildman–Crippen LogP) is 1.74. The van der Waals surface area contributed by atoms with Gasteiger partial charge in [0, 0.05) is 31.4 Å². The normalized spacial score (nSPS) is 27.6. The van der Waals surface area contributed by atoms with Crippen LogP contribution in [0.25, 0.3) is 0 Å². The van der Waals surface area contributed by atoms with E-state index >= 15 is 0 Å². The summed E-state index contributed by atoms with van der Waals surface area (Å²) in [5.74, 6) is 0.820. The van der Waals surface area contributed by atoms with Crippen molar-refractivity contribution in [3.63, 3.8) is 0 Å². The van der Waals surface area contributed by atoms with E-state index in [2.05, 4.69) is 28.8 Å². The maximum Gasteiger partial charge on any atom is 0.270 e. The molecule has 3 aliphatic rings. The van der Waals surface area contributed by atoms with Crippen molar-refractivity contribution in [3.05, 3.63) is 23.5 Å². The third kappa shape index (κ3) is 2.41. The van der Waals surface area contributed by atoms with E-state index in [0.717, 1.165) is 37.4 Å². The zero-order valence-corrected chi connectivity index (χ0v) is 11.9. The molecule has 0 unspecified atom stereocenters. The molecule has 4 rings (SSSR count). The van der Waals surface area contributed by atoms with Gasteiger partial charge in [-0.3, -0.25) is 4.79 Å². The van der Waals surface area contributed by atoms with Crippen molar-refractivity contribution in [1.29, 1.82) is 0 Å². The van der Waals surface area contributed by atoms with Crippen LogP contribution >= 0.6 is 0 Å². The van der Waals surface area contributed by atoms with Gasteiger partial charge in [0.25, 0.3) is 5.91 Å². The second kappa shape index (κ2) is 5.00. The van der Waals surface area contributed by atoms with Crippen molar-refractivity contribution >= 4 is 5.91 Å². The maximum absolute atomic E-state index is 12.6. The molecule has 0 aliphatic carbocycles. The van der Waals surface area contributed by atoms with Crippen LogP contribution in [-0.4, -0.2) is 53.4 Å². The summed E-state index contributed by atoms with van der Waals surface area (Å²) in [7, 11) is 2.19. The number of amides is 1. The standard InChI is InChI=1S/C15H23N3O/c1-3-12-5-7-14(16-12)15(19)18-9-11-4-6-13(10-18)17(2)8-11/h5,7,11,13,16H,3-4,6,8-10H2,1-2H3/t11-,13-/m0/s1. The molecular formula is C15H23N3O. The van der Waals surface area contributed by atoms with E-state index in [4.69, 9.17) is 0 Å². The second-order valence-electron chi connectivity index (χ2n) is 6.00. The fourth-order valence-electron chi connectivity index (χ4n) is 3.42. The van der Waals surface area contributed by atoms with E-state index < -0.39 is 0 Å². The van der Waals surface area contributed by atoms with Crippen LogP contribution in [0.1, 0.15) is 35.9 Å². The third-order valence-electron chi connectivity index (χ3n) is 4.63. The molecule has 0 saturated carbocycles. The number of hydrogen-bond donors (Lipinski definition) is 1. The molecule has 0 aromatic carbocycles. The maximum atomic E-state index is 12.6. The van der Waals surface area contributed by atoms with E-state index in [1.54, 1.807) is 0 Å². The van der Waals surface area contributed by atoms with Gasteiger partial charge in [-0.15, -0.1) is 0 Å². The van der Waals surface area contributed by atoms with Gasteiger partial charge in [0.2, 0.25) is 0 Å². The summed E-state index contributed by atoms with van der Waals surface area (Å²) in [6.45, 7) is 5.03. The van der Waals surface area contributed by atoms with E-state index in [1.807, 2.05) is 12.1 Å². The van der Waals surface area contributed by atoms with Gasteiger partial charge in [0.15, 0.2) is 0 Å². The van der Waals surface area contributed by atoms with E-state index in [1.165, 1.54) is 12.8 Å². The summed E-state index contributed by atoms with van der Waals surface area (Å²) >= 11 is 0. The van der Waals surface area contributed by atoms with E-state index in [9.17, 15) is 4.79 Å². The monoisotopic (exact) mass is 261 g/mol. The van der Waals surface area contributed by atoms with Crippen molar-refractivity contribution in [2.45, 2.75) is 32.2 Å². The highest BCUT2D eigenvalue weighted by atomic mass is 16.2. The summed E-state index contributed by atoms with van der Waals surface area (Å²) in [5.41, 5.74) is 1.89. The SMILES string of the molecule is CCc1ccc(C(=O)N2C[C@H]3CC[C@@H](C2)N(C)C3)[nH]1. The first-order valence-corrected chi connectivity index (χ1v) is 7.34. The first kappa shape index (κ1) is 12.7. The van der Waals surface area contributed by atoms with Gasteiger partial charge in [0.1, 0.15) is 5.69 Å². The molecule has 0 spiro atoms. The number of fused-ring (bicyclic) bond motifs is 4. The molecule has 4 heterocycles. The molecule has 19 heavy (non-hydrogen) atoms. The molecule has 3 fully saturated rings. The number of aromatic amines is 1. The first-order chi connectivity index (χ1) is 9.17. The van der Waals surface area contributed by atoms with Gasteiger partial charge in [-0.25, -0.2) is 0 Å². The molecule has 104 valence electrons. The van der Waals surface area contributed by atoms with Crippen LogP contribution in [0.3, 0.4) is 0 Å². The van der Waals surface area contributed by atoms with Crippen molar-refractivity contribution in [3.8, 4) is 0 Å². The Morgan fingerprint density at radius 2 is 2.16 bits per heavy atom. The minimum absolute atomic E-state index is 0.173. The lowest BCUT2D eigenvalue weighted by molar-refractivity contribution is 0.0737. The van der Waals surface area contributed by atoms with Gasteiger partial charge >= 0.3 is 0 Å². The molecule has 3 aliphatic heterocycles. The van der Waals surface area contributed by atoms with Crippen LogP contribution in [0.5, 0.6) is 0 Å². The lowest BCUT2D eigenvalue weighted by Gasteiger charge is -2.32. The Hall–Kier alpha value is -1.29. The van der Waals surface area contributed by atoms with Crippen LogP contribution < -0.4 is 0 Å². The number of rotatable bonds is 2. The molecule has 2 atom stereocenters. The average Bonchev–Trinajstić information content (AvgIpc) is 2.72. The Bertz CT molecular complexity index is 468. The van der Waals surface area contributed by atoms with E-state index in [-0.39, 0.29) is 5.91 Å². The summed E-state index contributed by atoms with van der Waals surface area (Å²) in [5, 5.41) is 0. The van der Waals surface area contributed by atoms with Gasteiger partial charge in [-0.1, -0.05) is 6.92 Å². The largest absolute Gasteiger partial charge is 0.354 e. The lowest BCUT2D eigenvalue weighted by atomic mass is 9.96. The average molecular weight is 261 g/mol. The quantitative estimate of drug-likeness (QED) is 0.881. The fourth-order valence-corrected chi connectivity index (χ4v) is 3.42. The summed E-state index contributed by atoms with van der Waals surface area (Å²) < 4.78 is 0. The first-order valence-electron chi connectivity index (χ1n) is 7.34. The fraction of sp³-hybridized carbons (Fsp3) is 0.667. The molecule has 1 aromatic rings. The number of carbonyl (C=O) groups excluding carboxylic acids is 1. The Labute approximate surface area is 114 Å². The Morgan fingerprint density at radius 1 is 1.32 bits per heavy atom. The number of aromatic nitrogens is 1. The number of H-pyrrole nitrogens is 1. The predicted molar refractivity (Wildman–Crippen MR) is 75.2 cm³/mol. The van der Waals surface area contributed by atoms with Crippen molar-refractivity contribution in [1.82, 2.24) is 14.8 Å². The lowest BCUT2D eigenvalue weighted by Crippen LogP contribution is -2.42. The molecular weight excluding hydrogens is 238 g/mol. The number of nitrogens with one attached hydrogen (secondary N) is 1. The third-order valence-corrected chi connectivity index (χ3v) is 4.63. The van der Waals surface area contributed by atoms with Crippen molar-refractivity contribution in [2.24, 2.45) is 5.92 Å². The number of nitrogens with zero attached hydrogens (tertiary/aromatic N) is 2. The minimum Gasteiger partial charge on any atom is -0.354 e. The van der Waals surface area contributed by atoms with Gasteiger partial charge in [0.05, 0.1) is 0 Å². The zero-order chi connectivity index (χ0) is 13.4. The Balaban J connectivity index is 1.76. The number of likely N-dealkylation sites (N-methyl/N-ethyl adjacent to an activating group) is 1.